The summed E-state index contributed by atoms with van der Waals surface area (Å²) in [6, 6.07) is 1.53. The van der Waals surface area contributed by atoms with E-state index in [9.17, 15) is 4.79 Å². The number of rotatable bonds is 6. The molecule has 0 radical (unpaired) electrons. The minimum atomic E-state index is -0.163. The lowest BCUT2D eigenvalue weighted by molar-refractivity contribution is 0.0618. The summed E-state index contributed by atoms with van der Waals surface area (Å²) in [7, 11) is 1.67. The molecule has 1 heterocycles. The summed E-state index contributed by atoms with van der Waals surface area (Å²) in [5.74, 6) is 0.134. The highest BCUT2D eigenvalue weighted by Crippen LogP contribution is 2.18. The zero-order valence-electron chi connectivity index (χ0n) is 10.1. The van der Waals surface area contributed by atoms with Gasteiger partial charge in [0.1, 0.15) is 5.82 Å². The van der Waals surface area contributed by atoms with Crippen molar-refractivity contribution >= 4 is 27.7 Å². The van der Waals surface area contributed by atoms with Gasteiger partial charge in [0, 0.05) is 24.3 Å². The zero-order valence-corrected chi connectivity index (χ0v) is 11.7. The van der Waals surface area contributed by atoms with Crippen LogP contribution in [-0.2, 0) is 4.74 Å². The maximum atomic E-state index is 12.1. The number of nitrogen functional groups attached to an aromatic ring is 1. The third-order valence-electron chi connectivity index (χ3n) is 2.26. The molecule has 100 valence electrons. The van der Waals surface area contributed by atoms with Gasteiger partial charge in [-0.15, -0.1) is 0 Å². The molecule has 18 heavy (non-hydrogen) atoms. The average Bonchev–Trinajstić information content (AvgIpc) is 2.36. The molecule has 0 atom stereocenters. The van der Waals surface area contributed by atoms with Gasteiger partial charge in [-0.05, 0) is 22.0 Å². The summed E-state index contributed by atoms with van der Waals surface area (Å²) in [5.41, 5.74) is 6.01. The second-order valence-electron chi connectivity index (χ2n) is 3.65. The van der Waals surface area contributed by atoms with Crippen molar-refractivity contribution in [1.29, 1.82) is 0 Å². The van der Waals surface area contributed by atoms with Gasteiger partial charge in [0.05, 0.1) is 25.4 Å². The maximum Gasteiger partial charge on any atom is 0.255 e. The number of pyridine rings is 1. The number of nitrogens with two attached hydrogens (primary N) is 1. The molecule has 0 aromatic carbocycles. The van der Waals surface area contributed by atoms with Gasteiger partial charge >= 0.3 is 0 Å². The standard InChI is InChI=1S/C11H16BrN3O3/c1-15(2-4-18-5-3-16)11(17)8-6-10(13)14-7-9(8)12/h6-7,16H,2-5H2,1H3,(H2,13,14). The molecule has 1 amide bonds. The van der Waals surface area contributed by atoms with Crippen LogP contribution >= 0.6 is 15.9 Å². The fraction of sp³-hybridized carbons (Fsp3) is 0.455. The molecule has 7 heteroatoms. The van der Waals surface area contributed by atoms with Crippen molar-refractivity contribution in [1.82, 2.24) is 9.88 Å². The second-order valence-corrected chi connectivity index (χ2v) is 4.51. The van der Waals surface area contributed by atoms with Crippen molar-refractivity contribution in [2.75, 3.05) is 39.1 Å². The lowest BCUT2D eigenvalue weighted by Gasteiger charge is -2.17. The molecule has 0 bridgehead atoms. The Bertz CT molecular complexity index is 415. The number of ether oxygens (including phenoxy) is 1. The molecular formula is C11H16BrN3O3. The van der Waals surface area contributed by atoms with Crippen molar-refractivity contribution in [3.05, 3.63) is 22.3 Å². The van der Waals surface area contributed by atoms with Gasteiger partial charge in [0.15, 0.2) is 0 Å². The average molecular weight is 318 g/mol. The van der Waals surface area contributed by atoms with Crippen molar-refractivity contribution in [3.63, 3.8) is 0 Å². The Morgan fingerprint density at radius 1 is 1.61 bits per heavy atom. The number of halogens is 1. The molecule has 0 aliphatic heterocycles. The lowest BCUT2D eigenvalue weighted by atomic mass is 10.2. The van der Waals surface area contributed by atoms with Crippen molar-refractivity contribution in [3.8, 4) is 0 Å². The molecule has 0 saturated heterocycles. The van der Waals surface area contributed by atoms with Crippen LogP contribution in [0.15, 0.2) is 16.7 Å². The van der Waals surface area contributed by atoms with E-state index in [1.54, 1.807) is 7.05 Å². The number of aliphatic hydroxyl groups excluding tert-OH is 1. The number of likely N-dealkylation sites (N-methyl/N-ethyl adjacent to an activating group) is 1. The minimum absolute atomic E-state index is 0.0237. The van der Waals surface area contributed by atoms with E-state index in [0.29, 0.717) is 29.0 Å². The van der Waals surface area contributed by atoms with Gasteiger partial charge in [0.25, 0.3) is 5.91 Å². The number of anilines is 1. The summed E-state index contributed by atoms with van der Waals surface area (Å²) >= 11 is 3.26. The number of aromatic nitrogens is 1. The van der Waals surface area contributed by atoms with Gasteiger partial charge < -0.3 is 20.5 Å². The van der Waals surface area contributed by atoms with Gasteiger partial charge in [-0.2, -0.15) is 0 Å². The van der Waals surface area contributed by atoms with Crippen LogP contribution in [-0.4, -0.2) is 54.3 Å². The van der Waals surface area contributed by atoms with E-state index in [0.717, 1.165) is 0 Å². The SMILES string of the molecule is CN(CCOCCO)C(=O)c1cc(N)ncc1Br. The number of nitrogens with zero attached hydrogens (tertiary/aromatic N) is 2. The van der Waals surface area contributed by atoms with Crippen LogP contribution in [0.3, 0.4) is 0 Å². The highest BCUT2D eigenvalue weighted by molar-refractivity contribution is 9.10. The number of aliphatic hydroxyl groups is 1. The normalized spacial score (nSPS) is 10.4. The van der Waals surface area contributed by atoms with Crippen molar-refractivity contribution < 1.29 is 14.6 Å². The van der Waals surface area contributed by atoms with E-state index in [-0.39, 0.29) is 19.1 Å². The molecular weight excluding hydrogens is 302 g/mol. The fourth-order valence-electron chi connectivity index (χ4n) is 1.29. The van der Waals surface area contributed by atoms with E-state index in [1.165, 1.54) is 17.2 Å². The lowest BCUT2D eigenvalue weighted by Crippen LogP contribution is -2.30. The minimum Gasteiger partial charge on any atom is -0.394 e. The number of carbonyl (C=O) groups excluding carboxylic acids is 1. The van der Waals surface area contributed by atoms with Crippen LogP contribution in [0.5, 0.6) is 0 Å². The fourth-order valence-corrected chi connectivity index (χ4v) is 1.68. The molecule has 6 nitrogen and oxygen atoms in total. The Kier molecular flexibility index (Phi) is 6.03. The Hall–Kier alpha value is -1.18. The number of hydrogen-bond acceptors (Lipinski definition) is 5. The molecule has 1 aromatic heterocycles. The summed E-state index contributed by atoms with van der Waals surface area (Å²) in [6.45, 7) is 1.06. The summed E-state index contributed by atoms with van der Waals surface area (Å²) in [6.07, 6.45) is 1.50. The molecule has 1 rings (SSSR count). The molecule has 3 N–H and O–H groups in total. The van der Waals surface area contributed by atoms with Gasteiger partial charge in [-0.3, -0.25) is 4.79 Å². The largest absolute Gasteiger partial charge is 0.394 e. The predicted octanol–water partition coefficient (Wildman–Crippen LogP) is 0.507. The molecule has 0 unspecified atom stereocenters. The first-order chi connectivity index (χ1) is 8.56. The van der Waals surface area contributed by atoms with Crippen molar-refractivity contribution in [2.45, 2.75) is 0 Å². The molecule has 0 fully saturated rings. The van der Waals surface area contributed by atoms with Crippen LogP contribution < -0.4 is 5.73 Å². The van der Waals surface area contributed by atoms with E-state index >= 15 is 0 Å². The number of amides is 1. The number of hydrogen-bond donors (Lipinski definition) is 2. The van der Waals surface area contributed by atoms with Crippen LogP contribution in [0.2, 0.25) is 0 Å². The first-order valence-corrected chi connectivity index (χ1v) is 6.20. The van der Waals surface area contributed by atoms with E-state index in [2.05, 4.69) is 20.9 Å². The summed E-state index contributed by atoms with van der Waals surface area (Å²) in [5, 5.41) is 8.55. The van der Waals surface area contributed by atoms with E-state index in [4.69, 9.17) is 15.6 Å². The van der Waals surface area contributed by atoms with Gasteiger partial charge in [-0.25, -0.2) is 4.98 Å². The third-order valence-corrected chi connectivity index (χ3v) is 2.89. The number of carbonyl (C=O) groups is 1. The topological polar surface area (TPSA) is 88.7 Å². The molecule has 0 aliphatic rings. The molecule has 0 spiro atoms. The second kappa shape index (κ2) is 7.30. The first-order valence-electron chi connectivity index (χ1n) is 5.41. The monoisotopic (exact) mass is 317 g/mol. The highest BCUT2D eigenvalue weighted by atomic mass is 79.9. The van der Waals surface area contributed by atoms with Gasteiger partial charge in [-0.1, -0.05) is 0 Å². The molecule has 0 aliphatic carbocycles. The summed E-state index contributed by atoms with van der Waals surface area (Å²) < 4.78 is 5.70. The Morgan fingerprint density at radius 3 is 3.00 bits per heavy atom. The van der Waals surface area contributed by atoms with Crippen LogP contribution in [0.25, 0.3) is 0 Å². The Labute approximate surface area is 114 Å². The predicted molar refractivity (Wildman–Crippen MR) is 71.2 cm³/mol. The van der Waals surface area contributed by atoms with Crippen LogP contribution in [0.1, 0.15) is 10.4 Å². The smallest absolute Gasteiger partial charge is 0.255 e. The Morgan fingerprint density at radius 2 is 2.33 bits per heavy atom. The zero-order chi connectivity index (χ0) is 13.5. The third kappa shape index (κ3) is 4.25. The van der Waals surface area contributed by atoms with Crippen molar-refractivity contribution in [2.24, 2.45) is 0 Å². The first kappa shape index (κ1) is 14.9. The Balaban J connectivity index is 2.60. The quantitative estimate of drug-likeness (QED) is 0.746. The van der Waals surface area contributed by atoms with E-state index in [1.807, 2.05) is 0 Å². The maximum absolute atomic E-state index is 12.1. The summed E-state index contributed by atoms with van der Waals surface area (Å²) in [4.78, 5) is 17.5. The van der Waals surface area contributed by atoms with Crippen LogP contribution in [0.4, 0.5) is 5.82 Å². The molecule has 1 aromatic rings. The highest BCUT2D eigenvalue weighted by Gasteiger charge is 2.15. The van der Waals surface area contributed by atoms with Crippen LogP contribution in [0, 0.1) is 0 Å². The van der Waals surface area contributed by atoms with Gasteiger partial charge in [0.2, 0.25) is 0 Å². The van der Waals surface area contributed by atoms with E-state index < -0.39 is 0 Å². The molecule has 0 saturated carbocycles.